The van der Waals surface area contributed by atoms with Gasteiger partial charge in [0.1, 0.15) is 5.75 Å². The molecule has 0 radical (unpaired) electrons. The van der Waals surface area contributed by atoms with E-state index in [-0.39, 0.29) is 28.8 Å². The maximum absolute atomic E-state index is 12.7. The van der Waals surface area contributed by atoms with Crippen LogP contribution in [0.4, 0.5) is 5.69 Å². The van der Waals surface area contributed by atoms with Crippen molar-refractivity contribution in [3.63, 3.8) is 0 Å². The smallest absolute Gasteiger partial charge is 0.251 e. The van der Waals surface area contributed by atoms with Crippen LogP contribution in [0.1, 0.15) is 47.0 Å². The van der Waals surface area contributed by atoms with Crippen molar-refractivity contribution in [2.45, 2.75) is 43.2 Å². The predicted octanol–water partition coefficient (Wildman–Crippen LogP) is 2.22. The third kappa shape index (κ3) is 8.89. The molecule has 2 amide bonds. The molecule has 0 unspecified atom stereocenters. The number of aliphatic hydroxyl groups is 1. The van der Waals surface area contributed by atoms with Crippen LogP contribution in [0.5, 0.6) is 5.75 Å². The van der Waals surface area contributed by atoms with E-state index in [0.717, 1.165) is 11.1 Å². The second kappa shape index (κ2) is 12.9. The van der Waals surface area contributed by atoms with Gasteiger partial charge in [0.2, 0.25) is 16.4 Å². The molecular formula is C28H34N4O6S. The molecule has 10 nitrogen and oxygen atoms in total. The number of hydrogen-bond acceptors (Lipinski definition) is 7. The predicted molar refractivity (Wildman–Crippen MR) is 149 cm³/mol. The van der Waals surface area contributed by atoms with E-state index < -0.39 is 21.7 Å². The number of carbonyl (C=O) groups excluding carboxylic acids is 2. The number of aromatic hydroxyl groups is 1. The van der Waals surface area contributed by atoms with Crippen molar-refractivity contribution < 1.29 is 28.2 Å². The number of rotatable bonds is 13. The molecule has 0 aliphatic carbocycles. The van der Waals surface area contributed by atoms with Crippen LogP contribution in [0.3, 0.4) is 0 Å². The van der Waals surface area contributed by atoms with Crippen LogP contribution in [0.25, 0.3) is 0 Å². The molecule has 7 N–H and O–H groups in total. The summed E-state index contributed by atoms with van der Waals surface area (Å²) in [6.45, 7) is 4.59. The van der Waals surface area contributed by atoms with Gasteiger partial charge >= 0.3 is 0 Å². The first-order valence-corrected chi connectivity index (χ1v) is 13.9. The van der Waals surface area contributed by atoms with E-state index in [9.17, 15) is 28.2 Å². The van der Waals surface area contributed by atoms with Gasteiger partial charge in [0.15, 0.2) is 0 Å². The van der Waals surface area contributed by atoms with Gasteiger partial charge in [-0.2, -0.15) is 0 Å². The Morgan fingerprint density at radius 2 is 1.77 bits per heavy atom. The Hall–Kier alpha value is -3.77. The summed E-state index contributed by atoms with van der Waals surface area (Å²) < 4.78 is 22.7. The van der Waals surface area contributed by atoms with Crippen LogP contribution in [0.15, 0.2) is 71.6 Å². The molecule has 0 heterocycles. The summed E-state index contributed by atoms with van der Waals surface area (Å²) in [6, 6.07) is 18.1. The third-order valence-corrected chi connectivity index (χ3v) is 7.11. The Balaban J connectivity index is 1.53. The first-order chi connectivity index (χ1) is 18.4. The SMILES string of the molecule is CC(C)(Cc1cccc(C(=O)NCCc2ccc(S(N)(=O)=O)cc2)c1)NC[C@@H](O)c1ccc(O)c(NC=O)c1. The summed E-state index contributed by atoms with van der Waals surface area (Å²) in [5.41, 5.74) is 2.67. The van der Waals surface area contributed by atoms with Crippen molar-refractivity contribution in [3.8, 4) is 5.75 Å². The Morgan fingerprint density at radius 1 is 1.05 bits per heavy atom. The Kier molecular flexibility index (Phi) is 9.81. The highest BCUT2D eigenvalue weighted by Crippen LogP contribution is 2.27. The lowest BCUT2D eigenvalue weighted by Crippen LogP contribution is -2.43. The summed E-state index contributed by atoms with van der Waals surface area (Å²) in [6.07, 6.45) is 0.706. The Morgan fingerprint density at radius 3 is 2.44 bits per heavy atom. The minimum Gasteiger partial charge on any atom is -0.506 e. The Bertz CT molecular complexity index is 1410. The topological polar surface area (TPSA) is 171 Å². The maximum Gasteiger partial charge on any atom is 0.251 e. The molecule has 0 spiro atoms. The quantitative estimate of drug-likeness (QED) is 0.139. The second-order valence-electron chi connectivity index (χ2n) is 9.89. The molecule has 0 saturated heterocycles. The molecule has 3 aromatic carbocycles. The minimum absolute atomic E-state index is 0.0420. The average molecular weight is 555 g/mol. The largest absolute Gasteiger partial charge is 0.506 e. The number of carbonyl (C=O) groups is 2. The van der Waals surface area contributed by atoms with E-state index in [1.54, 1.807) is 24.3 Å². The second-order valence-corrected chi connectivity index (χ2v) is 11.5. The normalized spacial score (nSPS) is 12.5. The zero-order chi connectivity index (χ0) is 28.6. The number of phenolic OH excluding ortho intramolecular Hbond substituents is 1. The van der Waals surface area contributed by atoms with Gasteiger partial charge in [-0.3, -0.25) is 9.59 Å². The van der Waals surface area contributed by atoms with E-state index in [0.29, 0.717) is 36.9 Å². The fourth-order valence-electron chi connectivity index (χ4n) is 4.09. The molecule has 11 heteroatoms. The van der Waals surface area contributed by atoms with Crippen LogP contribution in [-0.2, 0) is 27.7 Å². The van der Waals surface area contributed by atoms with E-state index in [4.69, 9.17) is 5.14 Å². The fraction of sp³-hybridized carbons (Fsp3) is 0.286. The summed E-state index contributed by atoms with van der Waals surface area (Å²) >= 11 is 0. The summed E-state index contributed by atoms with van der Waals surface area (Å²) in [7, 11) is -3.74. The average Bonchev–Trinajstić information content (AvgIpc) is 2.88. The molecule has 208 valence electrons. The molecule has 0 bridgehead atoms. The van der Waals surface area contributed by atoms with Crippen LogP contribution in [-0.4, -0.2) is 49.6 Å². The molecule has 3 aromatic rings. The van der Waals surface area contributed by atoms with Crippen molar-refractivity contribution in [1.29, 1.82) is 0 Å². The van der Waals surface area contributed by atoms with Crippen molar-refractivity contribution in [2.24, 2.45) is 5.14 Å². The molecule has 0 aliphatic rings. The van der Waals surface area contributed by atoms with E-state index in [1.807, 2.05) is 32.0 Å². The number of sulfonamides is 1. The molecule has 1 atom stereocenters. The van der Waals surface area contributed by atoms with Gasteiger partial charge in [0, 0.05) is 24.2 Å². The molecule has 0 saturated carbocycles. The third-order valence-electron chi connectivity index (χ3n) is 6.18. The lowest BCUT2D eigenvalue weighted by atomic mass is 9.93. The van der Waals surface area contributed by atoms with Crippen molar-refractivity contribution >= 4 is 28.0 Å². The number of hydrogen-bond donors (Lipinski definition) is 6. The molecule has 39 heavy (non-hydrogen) atoms. The standard InChI is InChI=1S/C28H34N4O6S/c1-28(2,32-17-26(35)21-8-11-25(34)24(15-21)31-18-33)16-20-4-3-5-22(14-20)27(36)30-13-12-19-6-9-23(10-7-19)39(29,37)38/h3-11,14-15,18,26,32,34-35H,12-13,16-17H2,1-2H3,(H,30,36)(H,31,33)(H2,29,37,38)/t26-/m1/s1. The first-order valence-electron chi connectivity index (χ1n) is 12.3. The number of benzene rings is 3. The van der Waals surface area contributed by atoms with Gasteiger partial charge in [0.05, 0.1) is 16.7 Å². The van der Waals surface area contributed by atoms with E-state index in [1.165, 1.54) is 24.3 Å². The Labute approximate surface area is 228 Å². The number of nitrogens with one attached hydrogen (secondary N) is 3. The highest BCUT2D eigenvalue weighted by molar-refractivity contribution is 7.89. The highest BCUT2D eigenvalue weighted by atomic mass is 32.2. The van der Waals surface area contributed by atoms with Crippen molar-refractivity contribution in [1.82, 2.24) is 10.6 Å². The van der Waals surface area contributed by atoms with Crippen molar-refractivity contribution in [2.75, 3.05) is 18.4 Å². The number of primary sulfonamides is 1. The number of nitrogens with two attached hydrogens (primary N) is 1. The fourth-order valence-corrected chi connectivity index (χ4v) is 4.61. The number of anilines is 1. The monoisotopic (exact) mass is 554 g/mol. The number of β-amino-alcohol motifs (C(OH)–C–C–N with tert-alkyl or cyclic N) is 1. The summed E-state index contributed by atoms with van der Waals surface area (Å²) in [5, 5.41) is 34.2. The molecular weight excluding hydrogens is 520 g/mol. The van der Waals surface area contributed by atoms with E-state index in [2.05, 4.69) is 16.0 Å². The van der Waals surface area contributed by atoms with Gasteiger partial charge in [-0.15, -0.1) is 0 Å². The van der Waals surface area contributed by atoms with Crippen molar-refractivity contribution in [3.05, 3.63) is 89.0 Å². The molecule has 0 aliphatic heterocycles. The molecule has 0 fully saturated rings. The summed E-state index contributed by atoms with van der Waals surface area (Å²) in [4.78, 5) is 23.5. The minimum atomic E-state index is -3.74. The van der Waals surface area contributed by atoms with Gasteiger partial charge < -0.3 is 26.2 Å². The zero-order valence-corrected chi connectivity index (χ0v) is 22.7. The van der Waals surface area contributed by atoms with Crippen LogP contribution < -0.4 is 21.1 Å². The van der Waals surface area contributed by atoms with Gasteiger partial charge in [-0.1, -0.05) is 30.3 Å². The molecule has 3 rings (SSSR count). The van der Waals surface area contributed by atoms with Gasteiger partial charge in [0.25, 0.3) is 5.91 Å². The number of amides is 2. The van der Waals surface area contributed by atoms with E-state index >= 15 is 0 Å². The summed E-state index contributed by atoms with van der Waals surface area (Å²) in [5.74, 6) is -0.305. The van der Waals surface area contributed by atoms with Gasteiger partial charge in [-0.05, 0) is 79.8 Å². The number of aliphatic hydroxyl groups excluding tert-OH is 1. The lowest BCUT2D eigenvalue weighted by Gasteiger charge is -2.28. The first kappa shape index (κ1) is 29.8. The zero-order valence-electron chi connectivity index (χ0n) is 21.8. The molecule has 0 aromatic heterocycles. The highest BCUT2D eigenvalue weighted by Gasteiger charge is 2.21. The maximum atomic E-state index is 12.7. The lowest BCUT2D eigenvalue weighted by molar-refractivity contribution is -0.105. The van der Waals surface area contributed by atoms with Crippen LogP contribution >= 0.6 is 0 Å². The number of phenols is 1. The van der Waals surface area contributed by atoms with Crippen LogP contribution in [0.2, 0.25) is 0 Å². The van der Waals surface area contributed by atoms with Gasteiger partial charge in [-0.25, -0.2) is 13.6 Å². The van der Waals surface area contributed by atoms with Crippen LogP contribution in [0, 0.1) is 0 Å².